The molecule has 1 unspecified atom stereocenters. The number of amides is 1. The van der Waals surface area contributed by atoms with E-state index in [-0.39, 0.29) is 11.9 Å². The van der Waals surface area contributed by atoms with Crippen molar-refractivity contribution in [1.29, 1.82) is 0 Å². The minimum atomic E-state index is -0.230. The molecule has 1 rings (SSSR count). The van der Waals surface area contributed by atoms with Crippen molar-refractivity contribution in [3.63, 3.8) is 0 Å². The molecule has 1 aromatic heterocycles. The highest BCUT2D eigenvalue weighted by atomic mass is 16.5. The summed E-state index contributed by atoms with van der Waals surface area (Å²) in [6.45, 7) is 4.16. The van der Waals surface area contributed by atoms with Crippen LogP contribution < -0.4 is 5.32 Å². The third-order valence-corrected chi connectivity index (χ3v) is 1.81. The quantitative estimate of drug-likeness (QED) is 0.786. The summed E-state index contributed by atoms with van der Waals surface area (Å²) >= 11 is 0. The summed E-state index contributed by atoms with van der Waals surface area (Å²) in [6, 6.07) is -0.0365. The summed E-state index contributed by atoms with van der Waals surface area (Å²) in [7, 11) is 1.59. The van der Waals surface area contributed by atoms with Crippen molar-refractivity contribution in [2.75, 3.05) is 13.7 Å². The lowest BCUT2D eigenvalue weighted by atomic mass is 10.3. The van der Waals surface area contributed by atoms with Crippen molar-refractivity contribution in [1.82, 2.24) is 15.3 Å². The van der Waals surface area contributed by atoms with Crippen molar-refractivity contribution in [2.24, 2.45) is 0 Å². The summed E-state index contributed by atoms with van der Waals surface area (Å²) in [6.07, 6.45) is 3.03. The second kappa shape index (κ2) is 5.41. The predicted molar refractivity (Wildman–Crippen MR) is 55.6 cm³/mol. The van der Waals surface area contributed by atoms with E-state index in [0.717, 1.165) is 5.69 Å². The van der Waals surface area contributed by atoms with Crippen molar-refractivity contribution < 1.29 is 9.53 Å². The molecule has 1 atom stereocenters. The summed E-state index contributed by atoms with van der Waals surface area (Å²) in [5.41, 5.74) is 1.11. The van der Waals surface area contributed by atoms with Gasteiger partial charge in [0, 0.05) is 19.3 Å². The molecule has 1 amide bonds. The van der Waals surface area contributed by atoms with Gasteiger partial charge in [-0.05, 0) is 13.8 Å². The van der Waals surface area contributed by atoms with E-state index in [1.54, 1.807) is 13.3 Å². The Balaban J connectivity index is 2.57. The molecule has 5 nitrogen and oxygen atoms in total. The van der Waals surface area contributed by atoms with Gasteiger partial charge in [-0.1, -0.05) is 0 Å². The number of aromatic nitrogens is 2. The minimum absolute atomic E-state index is 0.0365. The lowest BCUT2D eigenvalue weighted by Crippen LogP contribution is -2.36. The van der Waals surface area contributed by atoms with Gasteiger partial charge in [0.15, 0.2) is 0 Å². The average Bonchev–Trinajstić information content (AvgIpc) is 2.18. The van der Waals surface area contributed by atoms with E-state index in [0.29, 0.717) is 12.3 Å². The molecule has 0 aliphatic heterocycles. The SMILES string of the molecule is COCC(C)NC(=O)c1cnc(C)cn1. The normalized spacial score (nSPS) is 12.2. The van der Waals surface area contributed by atoms with Crippen molar-refractivity contribution in [3.8, 4) is 0 Å². The highest BCUT2D eigenvalue weighted by Crippen LogP contribution is 1.95. The monoisotopic (exact) mass is 209 g/mol. The molecule has 1 aromatic rings. The number of carbonyl (C=O) groups excluding carboxylic acids is 1. The van der Waals surface area contributed by atoms with Gasteiger partial charge in [-0.15, -0.1) is 0 Å². The van der Waals surface area contributed by atoms with E-state index >= 15 is 0 Å². The number of nitrogens with zero attached hydrogens (tertiary/aromatic N) is 2. The van der Waals surface area contributed by atoms with Crippen LogP contribution in [0.1, 0.15) is 23.1 Å². The van der Waals surface area contributed by atoms with Gasteiger partial charge in [-0.2, -0.15) is 0 Å². The smallest absolute Gasteiger partial charge is 0.271 e. The zero-order chi connectivity index (χ0) is 11.3. The van der Waals surface area contributed by atoms with Crippen LogP contribution in [0.5, 0.6) is 0 Å². The van der Waals surface area contributed by atoms with Crippen LogP contribution in [0, 0.1) is 6.92 Å². The number of hydrogen-bond donors (Lipinski definition) is 1. The van der Waals surface area contributed by atoms with E-state index in [4.69, 9.17) is 4.74 Å². The van der Waals surface area contributed by atoms with Gasteiger partial charge in [0.2, 0.25) is 0 Å². The van der Waals surface area contributed by atoms with Gasteiger partial charge in [-0.3, -0.25) is 9.78 Å². The summed E-state index contributed by atoms with van der Waals surface area (Å²) in [5.74, 6) is -0.230. The number of ether oxygens (including phenoxy) is 1. The predicted octanol–water partition coefficient (Wildman–Crippen LogP) is 0.550. The fourth-order valence-electron chi connectivity index (χ4n) is 1.10. The van der Waals surface area contributed by atoms with Gasteiger partial charge in [-0.25, -0.2) is 4.98 Å². The Morgan fingerprint density at radius 2 is 2.27 bits per heavy atom. The Bertz CT molecular complexity index is 324. The third-order valence-electron chi connectivity index (χ3n) is 1.81. The van der Waals surface area contributed by atoms with Crippen LogP contribution in [0.15, 0.2) is 12.4 Å². The maximum Gasteiger partial charge on any atom is 0.271 e. The van der Waals surface area contributed by atoms with E-state index in [2.05, 4.69) is 15.3 Å². The molecule has 0 aliphatic carbocycles. The molecule has 0 saturated heterocycles. The number of methoxy groups -OCH3 is 1. The molecule has 82 valence electrons. The van der Waals surface area contributed by atoms with Crippen LogP contribution in [0.4, 0.5) is 0 Å². The summed E-state index contributed by atoms with van der Waals surface area (Å²) in [4.78, 5) is 19.5. The Morgan fingerprint density at radius 1 is 1.53 bits per heavy atom. The number of nitrogens with one attached hydrogen (secondary N) is 1. The number of rotatable bonds is 4. The van der Waals surface area contributed by atoms with Crippen LogP contribution in [0.3, 0.4) is 0 Å². The molecule has 5 heteroatoms. The van der Waals surface area contributed by atoms with Crippen LogP contribution in [0.25, 0.3) is 0 Å². The van der Waals surface area contributed by atoms with Gasteiger partial charge < -0.3 is 10.1 Å². The van der Waals surface area contributed by atoms with Gasteiger partial charge in [0.25, 0.3) is 5.91 Å². The average molecular weight is 209 g/mol. The Kier molecular flexibility index (Phi) is 4.17. The number of hydrogen-bond acceptors (Lipinski definition) is 4. The Morgan fingerprint density at radius 3 is 2.80 bits per heavy atom. The minimum Gasteiger partial charge on any atom is -0.383 e. The zero-order valence-electron chi connectivity index (χ0n) is 9.15. The molecule has 0 aliphatic rings. The molecule has 1 N–H and O–H groups in total. The second-order valence-electron chi connectivity index (χ2n) is 3.37. The largest absolute Gasteiger partial charge is 0.383 e. The van der Waals surface area contributed by atoms with Gasteiger partial charge in [0.1, 0.15) is 5.69 Å². The lowest BCUT2D eigenvalue weighted by molar-refractivity contribution is 0.0900. The summed E-state index contributed by atoms with van der Waals surface area (Å²) < 4.78 is 4.91. The van der Waals surface area contributed by atoms with Crippen molar-refractivity contribution >= 4 is 5.91 Å². The van der Waals surface area contributed by atoms with Crippen molar-refractivity contribution in [2.45, 2.75) is 19.9 Å². The standard InChI is InChI=1S/C10H15N3O2/c1-7-4-12-9(5-11-7)10(14)13-8(2)6-15-3/h4-5,8H,6H2,1-3H3,(H,13,14). The maximum atomic E-state index is 11.6. The van der Waals surface area contributed by atoms with Gasteiger partial charge in [0.05, 0.1) is 18.5 Å². The lowest BCUT2D eigenvalue weighted by Gasteiger charge is -2.11. The Labute approximate surface area is 88.9 Å². The molecule has 1 heterocycles. The third kappa shape index (κ3) is 3.63. The van der Waals surface area contributed by atoms with Crippen LogP contribution in [-0.2, 0) is 4.74 Å². The molecule has 0 bridgehead atoms. The van der Waals surface area contributed by atoms with Gasteiger partial charge >= 0.3 is 0 Å². The number of aryl methyl sites for hydroxylation is 1. The number of carbonyl (C=O) groups is 1. The van der Waals surface area contributed by atoms with Crippen LogP contribution >= 0.6 is 0 Å². The van der Waals surface area contributed by atoms with Crippen molar-refractivity contribution in [3.05, 3.63) is 23.8 Å². The first-order chi connectivity index (χ1) is 7.13. The first-order valence-electron chi connectivity index (χ1n) is 4.72. The highest BCUT2D eigenvalue weighted by Gasteiger charge is 2.10. The fourth-order valence-corrected chi connectivity index (χ4v) is 1.10. The molecule has 0 fully saturated rings. The first-order valence-corrected chi connectivity index (χ1v) is 4.72. The Hall–Kier alpha value is -1.49. The maximum absolute atomic E-state index is 11.6. The zero-order valence-corrected chi connectivity index (χ0v) is 9.15. The van der Waals surface area contributed by atoms with Crippen LogP contribution in [0.2, 0.25) is 0 Å². The van der Waals surface area contributed by atoms with E-state index in [1.165, 1.54) is 6.20 Å². The molecular weight excluding hydrogens is 194 g/mol. The topological polar surface area (TPSA) is 64.1 Å². The van der Waals surface area contributed by atoms with Crippen LogP contribution in [-0.4, -0.2) is 35.6 Å². The molecular formula is C10H15N3O2. The second-order valence-corrected chi connectivity index (χ2v) is 3.37. The fraction of sp³-hybridized carbons (Fsp3) is 0.500. The summed E-state index contributed by atoms with van der Waals surface area (Å²) in [5, 5.41) is 2.75. The first kappa shape index (κ1) is 11.6. The molecule has 0 radical (unpaired) electrons. The van der Waals surface area contributed by atoms with E-state index in [1.807, 2.05) is 13.8 Å². The molecule has 15 heavy (non-hydrogen) atoms. The molecule has 0 aromatic carbocycles. The highest BCUT2D eigenvalue weighted by molar-refractivity contribution is 5.92. The van der Waals surface area contributed by atoms with E-state index < -0.39 is 0 Å². The molecule has 0 spiro atoms. The van der Waals surface area contributed by atoms with E-state index in [9.17, 15) is 4.79 Å². The molecule has 0 saturated carbocycles.